The number of furan rings is 1. The van der Waals surface area contributed by atoms with Gasteiger partial charge in [0.2, 0.25) is 5.91 Å². The fourth-order valence-electron chi connectivity index (χ4n) is 1.78. The minimum absolute atomic E-state index is 0.297. The number of nitrogens with two attached hydrogens (primary N) is 1. The molecule has 2 amide bonds. The average Bonchev–Trinajstić information content (AvgIpc) is 3.11. The first-order chi connectivity index (χ1) is 12.0. The Morgan fingerprint density at radius 1 is 1.24 bits per heavy atom. The summed E-state index contributed by atoms with van der Waals surface area (Å²) < 4.78 is 9.78. The summed E-state index contributed by atoms with van der Waals surface area (Å²) in [6, 6.07) is 10.7. The molecule has 0 fully saturated rings. The molecule has 1 aromatic heterocycles. The molecule has 1 heterocycles. The summed E-state index contributed by atoms with van der Waals surface area (Å²) in [5, 5.41) is 11.4. The van der Waals surface area contributed by atoms with Crippen LogP contribution in [0.2, 0.25) is 0 Å². The molecule has 0 saturated carbocycles. The van der Waals surface area contributed by atoms with Gasteiger partial charge in [-0.05, 0) is 36.4 Å². The maximum absolute atomic E-state index is 11.8. The Morgan fingerprint density at radius 2 is 1.96 bits per heavy atom. The van der Waals surface area contributed by atoms with Crippen LogP contribution in [0.1, 0.15) is 16.1 Å². The maximum atomic E-state index is 11.8. The molecule has 0 saturated heterocycles. The molecule has 3 N–H and O–H groups in total. The Balaban J connectivity index is 1.89. The zero-order valence-electron chi connectivity index (χ0n) is 12.9. The van der Waals surface area contributed by atoms with Crippen LogP contribution >= 0.6 is 0 Å². The summed E-state index contributed by atoms with van der Waals surface area (Å²) >= 11 is 0. The van der Waals surface area contributed by atoms with Gasteiger partial charge in [0, 0.05) is 17.3 Å². The Morgan fingerprint density at radius 3 is 2.52 bits per heavy atom. The predicted octanol–water partition coefficient (Wildman–Crippen LogP) is 1.47. The van der Waals surface area contributed by atoms with Gasteiger partial charge in [-0.1, -0.05) is 0 Å². The van der Waals surface area contributed by atoms with Crippen LogP contribution in [0.4, 0.5) is 5.69 Å². The van der Waals surface area contributed by atoms with Crippen molar-refractivity contribution in [1.29, 1.82) is 5.26 Å². The number of hydrogen-bond donors (Lipinski definition) is 2. The molecule has 2 aromatic rings. The number of nitriles is 1. The van der Waals surface area contributed by atoms with Crippen LogP contribution in [0, 0.1) is 11.3 Å². The lowest BCUT2D eigenvalue weighted by molar-refractivity contribution is -0.142. The molecule has 8 heteroatoms. The Kier molecular flexibility index (Phi) is 5.68. The van der Waals surface area contributed by atoms with E-state index in [0.717, 1.165) is 0 Å². The molecule has 1 aromatic carbocycles. The highest BCUT2D eigenvalue weighted by atomic mass is 16.5. The van der Waals surface area contributed by atoms with Gasteiger partial charge < -0.3 is 20.2 Å². The summed E-state index contributed by atoms with van der Waals surface area (Å²) in [5.74, 6) is -1.82. The molecule has 0 bridgehead atoms. The number of hydrogen-bond acceptors (Lipinski definition) is 6. The Hall–Kier alpha value is -3.86. The van der Waals surface area contributed by atoms with Crippen LogP contribution in [0.15, 0.2) is 52.7 Å². The zero-order chi connectivity index (χ0) is 18.2. The lowest BCUT2D eigenvalue weighted by Gasteiger charge is -2.06. The number of rotatable bonds is 6. The molecule has 126 valence electrons. The van der Waals surface area contributed by atoms with Gasteiger partial charge in [0.25, 0.3) is 5.91 Å². The zero-order valence-corrected chi connectivity index (χ0v) is 12.9. The van der Waals surface area contributed by atoms with Gasteiger partial charge in [-0.25, -0.2) is 4.79 Å². The largest absolute Gasteiger partial charge is 0.465 e. The van der Waals surface area contributed by atoms with E-state index in [0.29, 0.717) is 17.0 Å². The number of benzene rings is 1. The van der Waals surface area contributed by atoms with Crippen molar-refractivity contribution in [3.63, 3.8) is 0 Å². The molecular weight excluding hydrogens is 326 g/mol. The normalized spacial score (nSPS) is 10.6. The number of nitrogens with zero attached hydrogens (tertiary/aromatic N) is 1. The molecule has 0 aliphatic carbocycles. The fraction of sp³-hybridized carbons (Fsp3) is 0.0588. The van der Waals surface area contributed by atoms with Crippen molar-refractivity contribution in [2.24, 2.45) is 5.73 Å². The maximum Gasteiger partial charge on any atom is 0.349 e. The molecule has 8 nitrogen and oxygen atoms in total. The number of ether oxygens (including phenoxy) is 1. The van der Waals surface area contributed by atoms with E-state index in [4.69, 9.17) is 20.1 Å². The van der Waals surface area contributed by atoms with Crippen LogP contribution in [0.5, 0.6) is 0 Å². The van der Waals surface area contributed by atoms with Crippen LogP contribution in [-0.4, -0.2) is 24.4 Å². The van der Waals surface area contributed by atoms with E-state index in [1.54, 1.807) is 18.2 Å². The van der Waals surface area contributed by atoms with E-state index in [1.165, 1.54) is 36.6 Å². The van der Waals surface area contributed by atoms with Crippen molar-refractivity contribution in [3.8, 4) is 6.07 Å². The number of carbonyl (C=O) groups is 3. The molecule has 0 spiro atoms. The van der Waals surface area contributed by atoms with E-state index >= 15 is 0 Å². The molecular formula is C17H13N3O5. The first-order valence-electron chi connectivity index (χ1n) is 7.01. The highest BCUT2D eigenvalue weighted by Gasteiger charge is 2.14. The lowest BCUT2D eigenvalue weighted by Crippen LogP contribution is -2.21. The number of amides is 2. The third-order valence-corrected chi connectivity index (χ3v) is 2.96. The van der Waals surface area contributed by atoms with Crippen molar-refractivity contribution >= 4 is 29.5 Å². The van der Waals surface area contributed by atoms with Crippen LogP contribution in [0.3, 0.4) is 0 Å². The van der Waals surface area contributed by atoms with Crippen LogP contribution in [-0.2, 0) is 14.3 Å². The quantitative estimate of drug-likeness (QED) is 0.465. The summed E-state index contributed by atoms with van der Waals surface area (Å²) in [6.45, 7) is -0.576. The number of primary amides is 1. The standard InChI is InChI=1S/C17H13N3O5/c18-9-12(8-14-2-1-7-24-14)17(23)25-10-15(21)20-13-5-3-11(4-6-13)16(19)22/h1-8H,10H2,(H2,19,22)(H,20,21)/b12-8+. The van der Waals surface area contributed by atoms with Gasteiger partial charge >= 0.3 is 5.97 Å². The minimum Gasteiger partial charge on any atom is -0.465 e. The molecule has 0 unspecified atom stereocenters. The van der Waals surface area contributed by atoms with Gasteiger partial charge in [0.1, 0.15) is 17.4 Å². The van der Waals surface area contributed by atoms with E-state index in [2.05, 4.69) is 5.32 Å². The van der Waals surface area contributed by atoms with Gasteiger partial charge in [0.15, 0.2) is 6.61 Å². The Labute approximate surface area is 142 Å². The highest BCUT2D eigenvalue weighted by Crippen LogP contribution is 2.10. The molecule has 0 aliphatic heterocycles. The second kappa shape index (κ2) is 8.12. The Bertz CT molecular complexity index is 845. The van der Waals surface area contributed by atoms with Crippen molar-refractivity contribution in [2.45, 2.75) is 0 Å². The van der Waals surface area contributed by atoms with Crippen LogP contribution < -0.4 is 11.1 Å². The smallest absolute Gasteiger partial charge is 0.349 e. The van der Waals surface area contributed by atoms with E-state index in [9.17, 15) is 14.4 Å². The fourth-order valence-corrected chi connectivity index (χ4v) is 1.78. The highest BCUT2D eigenvalue weighted by molar-refractivity contribution is 6.00. The summed E-state index contributed by atoms with van der Waals surface area (Å²) in [7, 11) is 0. The average molecular weight is 339 g/mol. The van der Waals surface area contributed by atoms with Crippen LogP contribution in [0.25, 0.3) is 6.08 Å². The summed E-state index contributed by atoms with van der Waals surface area (Å²) in [6.07, 6.45) is 2.60. The van der Waals surface area contributed by atoms with Gasteiger partial charge in [-0.15, -0.1) is 0 Å². The third kappa shape index (κ3) is 5.07. The summed E-state index contributed by atoms with van der Waals surface area (Å²) in [4.78, 5) is 34.5. The van der Waals surface area contributed by atoms with Crippen molar-refractivity contribution in [3.05, 3.63) is 59.6 Å². The number of esters is 1. The van der Waals surface area contributed by atoms with Crippen molar-refractivity contribution < 1.29 is 23.5 Å². The van der Waals surface area contributed by atoms with E-state index in [-0.39, 0.29) is 5.57 Å². The molecule has 0 radical (unpaired) electrons. The van der Waals surface area contributed by atoms with Gasteiger partial charge in [-0.3, -0.25) is 9.59 Å². The second-order valence-electron chi connectivity index (χ2n) is 4.75. The number of nitrogens with one attached hydrogen (secondary N) is 1. The molecule has 0 atom stereocenters. The number of carbonyl (C=O) groups excluding carboxylic acids is 3. The molecule has 0 aliphatic rings. The molecule has 2 rings (SSSR count). The van der Waals surface area contributed by atoms with Crippen molar-refractivity contribution in [1.82, 2.24) is 0 Å². The second-order valence-corrected chi connectivity index (χ2v) is 4.75. The SMILES string of the molecule is N#C/C(=C\c1ccco1)C(=O)OCC(=O)Nc1ccc(C(N)=O)cc1. The van der Waals surface area contributed by atoms with E-state index in [1.807, 2.05) is 0 Å². The minimum atomic E-state index is -0.946. The topological polar surface area (TPSA) is 135 Å². The first-order valence-corrected chi connectivity index (χ1v) is 7.01. The summed E-state index contributed by atoms with van der Waals surface area (Å²) in [5.41, 5.74) is 5.51. The monoisotopic (exact) mass is 339 g/mol. The van der Waals surface area contributed by atoms with E-state index < -0.39 is 24.4 Å². The third-order valence-electron chi connectivity index (χ3n) is 2.96. The van der Waals surface area contributed by atoms with Gasteiger partial charge in [-0.2, -0.15) is 5.26 Å². The predicted molar refractivity (Wildman–Crippen MR) is 86.8 cm³/mol. The van der Waals surface area contributed by atoms with Gasteiger partial charge in [0.05, 0.1) is 6.26 Å². The first kappa shape index (κ1) is 17.5. The molecule has 25 heavy (non-hydrogen) atoms. The lowest BCUT2D eigenvalue weighted by atomic mass is 10.2. The van der Waals surface area contributed by atoms with Crippen molar-refractivity contribution in [2.75, 3.05) is 11.9 Å². The number of anilines is 1.